The van der Waals surface area contributed by atoms with E-state index < -0.39 is 0 Å². The molecule has 0 saturated carbocycles. The standard InChI is InChI=1S/C21H18N2O3S/c1-15-9-10-18-19(12-15)27-21(22-18)23(13-17-8-5-11-25-17)20(24)14-26-16-6-3-2-4-7-16/h2-12H,13-14H2,1H3. The van der Waals surface area contributed by atoms with Gasteiger partial charge in [-0.15, -0.1) is 0 Å². The highest BCUT2D eigenvalue weighted by Crippen LogP contribution is 2.30. The van der Waals surface area contributed by atoms with Crippen LogP contribution in [-0.4, -0.2) is 17.5 Å². The average Bonchev–Trinajstić information content (AvgIpc) is 3.34. The minimum absolute atomic E-state index is 0.0698. The normalized spacial score (nSPS) is 10.9. The van der Waals surface area contributed by atoms with Gasteiger partial charge < -0.3 is 9.15 Å². The summed E-state index contributed by atoms with van der Waals surface area (Å²) in [5, 5.41) is 0.633. The molecular formula is C21H18N2O3S. The summed E-state index contributed by atoms with van der Waals surface area (Å²) in [5.41, 5.74) is 2.04. The zero-order chi connectivity index (χ0) is 18.6. The van der Waals surface area contributed by atoms with Crippen molar-refractivity contribution >= 4 is 32.6 Å². The quantitative estimate of drug-likeness (QED) is 0.483. The van der Waals surface area contributed by atoms with Crippen LogP contribution in [0.15, 0.2) is 71.3 Å². The summed E-state index contributed by atoms with van der Waals surface area (Å²) in [4.78, 5) is 19.2. The molecule has 6 heteroatoms. The number of hydrogen-bond donors (Lipinski definition) is 0. The van der Waals surface area contributed by atoms with Gasteiger partial charge in [0.15, 0.2) is 11.7 Å². The monoisotopic (exact) mass is 378 g/mol. The van der Waals surface area contributed by atoms with E-state index >= 15 is 0 Å². The van der Waals surface area contributed by atoms with Crippen molar-refractivity contribution in [2.75, 3.05) is 11.5 Å². The zero-order valence-corrected chi connectivity index (χ0v) is 15.6. The molecule has 4 rings (SSSR count). The molecule has 27 heavy (non-hydrogen) atoms. The van der Waals surface area contributed by atoms with E-state index in [0.29, 0.717) is 23.2 Å². The van der Waals surface area contributed by atoms with Crippen molar-refractivity contribution in [2.45, 2.75) is 13.5 Å². The van der Waals surface area contributed by atoms with Gasteiger partial charge in [0.25, 0.3) is 5.91 Å². The Kier molecular flexibility index (Phi) is 4.89. The molecule has 0 spiro atoms. The molecule has 2 aromatic carbocycles. The third-order valence-corrected chi connectivity index (χ3v) is 5.11. The number of furan rings is 1. The summed E-state index contributed by atoms with van der Waals surface area (Å²) in [6.07, 6.45) is 1.60. The smallest absolute Gasteiger partial charge is 0.267 e. The molecule has 4 aromatic rings. The van der Waals surface area contributed by atoms with Crippen LogP contribution in [0.3, 0.4) is 0 Å². The molecule has 0 aliphatic carbocycles. The molecule has 1 amide bonds. The first-order valence-corrected chi connectivity index (χ1v) is 9.38. The van der Waals surface area contributed by atoms with E-state index in [1.807, 2.05) is 55.5 Å². The van der Waals surface area contributed by atoms with Gasteiger partial charge in [-0.25, -0.2) is 4.98 Å². The second-order valence-corrected chi connectivity index (χ2v) is 7.14. The molecule has 0 unspecified atom stereocenters. The highest BCUT2D eigenvalue weighted by atomic mass is 32.1. The molecule has 5 nitrogen and oxygen atoms in total. The predicted molar refractivity (Wildman–Crippen MR) is 106 cm³/mol. The molecule has 0 radical (unpaired) electrons. The van der Waals surface area contributed by atoms with Crippen LogP contribution in [0, 0.1) is 6.92 Å². The molecule has 0 aliphatic rings. The lowest BCUT2D eigenvalue weighted by Crippen LogP contribution is -2.34. The number of fused-ring (bicyclic) bond motifs is 1. The minimum Gasteiger partial charge on any atom is -0.484 e. The number of hydrogen-bond acceptors (Lipinski definition) is 5. The first-order chi connectivity index (χ1) is 13.2. The predicted octanol–water partition coefficient (Wildman–Crippen LogP) is 4.81. The molecule has 2 aromatic heterocycles. The first kappa shape index (κ1) is 17.3. The summed E-state index contributed by atoms with van der Waals surface area (Å²) >= 11 is 1.49. The molecule has 136 valence electrons. The average molecular weight is 378 g/mol. The van der Waals surface area contributed by atoms with Crippen LogP contribution in [0.4, 0.5) is 5.13 Å². The van der Waals surface area contributed by atoms with Crippen molar-refractivity contribution in [3.63, 3.8) is 0 Å². The van der Waals surface area contributed by atoms with Gasteiger partial charge in [0.05, 0.1) is 23.0 Å². The Morgan fingerprint density at radius 1 is 1.15 bits per heavy atom. The third-order valence-electron chi connectivity index (χ3n) is 4.06. The van der Waals surface area contributed by atoms with Crippen molar-refractivity contribution in [3.8, 4) is 5.75 Å². The summed E-state index contributed by atoms with van der Waals surface area (Å²) in [6.45, 7) is 2.28. The molecule has 0 aliphatic heterocycles. The maximum atomic E-state index is 12.9. The number of anilines is 1. The maximum Gasteiger partial charge on any atom is 0.267 e. The van der Waals surface area contributed by atoms with E-state index in [2.05, 4.69) is 11.1 Å². The van der Waals surface area contributed by atoms with Crippen LogP contribution >= 0.6 is 11.3 Å². The lowest BCUT2D eigenvalue weighted by Gasteiger charge is -2.19. The second kappa shape index (κ2) is 7.63. The Bertz CT molecular complexity index is 1040. The topological polar surface area (TPSA) is 55.6 Å². The number of aryl methyl sites for hydroxylation is 1. The zero-order valence-electron chi connectivity index (χ0n) is 14.8. The highest BCUT2D eigenvalue weighted by molar-refractivity contribution is 7.22. The lowest BCUT2D eigenvalue weighted by molar-refractivity contribution is -0.120. The van der Waals surface area contributed by atoms with E-state index in [-0.39, 0.29) is 12.5 Å². The molecule has 2 heterocycles. The van der Waals surface area contributed by atoms with Crippen LogP contribution in [0.2, 0.25) is 0 Å². The van der Waals surface area contributed by atoms with Gasteiger partial charge in [0.2, 0.25) is 0 Å². The van der Waals surface area contributed by atoms with Crippen molar-refractivity contribution in [2.24, 2.45) is 0 Å². The minimum atomic E-state index is -0.175. The van der Waals surface area contributed by atoms with Gasteiger partial charge >= 0.3 is 0 Å². The highest BCUT2D eigenvalue weighted by Gasteiger charge is 2.22. The number of carbonyl (C=O) groups is 1. The molecule has 0 fully saturated rings. The van der Waals surface area contributed by atoms with Crippen LogP contribution in [0.1, 0.15) is 11.3 Å². The van der Waals surface area contributed by atoms with E-state index in [1.165, 1.54) is 11.3 Å². The molecule has 0 saturated heterocycles. The van der Waals surface area contributed by atoms with Crippen LogP contribution < -0.4 is 9.64 Å². The second-order valence-electron chi connectivity index (χ2n) is 6.13. The van der Waals surface area contributed by atoms with Gasteiger partial charge in [0, 0.05) is 0 Å². The number of nitrogens with zero attached hydrogens (tertiary/aromatic N) is 2. The van der Waals surface area contributed by atoms with E-state index in [9.17, 15) is 4.79 Å². The Balaban J connectivity index is 1.60. The molecular weight excluding hydrogens is 360 g/mol. The number of aromatic nitrogens is 1. The van der Waals surface area contributed by atoms with Crippen LogP contribution in [0.5, 0.6) is 5.75 Å². The number of para-hydroxylation sites is 1. The number of thiazole rings is 1. The van der Waals surface area contributed by atoms with Crippen molar-refractivity contribution in [3.05, 3.63) is 78.3 Å². The fourth-order valence-corrected chi connectivity index (χ4v) is 3.78. The first-order valence-electron chi connectivity index (χ1n) is 8.57. The Hall–Kier alpha value is -3.12. The maximum absolute atomic E-state index is 12.9. The van der Waals surface area contributed by atoms with Gasteiger partial charge in [-0.1, -0.05) is 35.6 Å². The Morgan fingerprint density at radius 2 is 2.00 bits per heavy atom. The van der Waals surface area contributed by atoms with Crippen molar-refractivity contribution in [1.29, 1.82) is 0 Å². The van der Waals surface area contributed by atoms with Crippen LogP contribution in [0.25, 0.3) is 10.2 Å². The van der Waals surface area contributed by atoms with Gasteiger partial charge in [0.1, 0.15) is 11.5 Å². The SMILES string of the molecule is Cc1ccc2nc(N(Cc3ccco3)C(=O)COc3ccccc3)sc2c1. The van der Waals surface area contributed by atoms with Crippen LogP contribution in [-0.2, 0) is 11.3 Å². The summed E-state index contributed by atoms with van der Waals surface area (Å²) in [5.74, 6) is 1.17. The van der Waals surface area contributed by atoms with E-state index in [1.54, 1.807) is 17.2 Å². The van der Waals surface area contributed by atoms with Gasteiger partial charge in [-0.2, -0.15) is 0 Å². The van der Waals surface area contributed by atoms with Crippen molar-refractivity contribution < 1.29 is 13.9 Å². The summed E-state index contributed by atoms with van der Waals surface area (Å²) < 4.78 is 12.1. The Labute approximate surface area is 160 Å². The molecule has 0 bridgehead atoms. The Morgan fingerprint density at radius 3 is 2.78 bits per heavy atom. The summed E-state index contributed by atoms with van der Waals surface area (Å²) in [6, 6.07) is 19.0. The fourth-order valence-electron chi connectivity index (χ4n) is 2.70. The van der Waals surface area contributed by atoms with Gasteiger partial charge in [-0.05, 0) is 48.9 Å². The summed E-state index contributed by atoms with van der Waals surface area (Å²) in [7, 11) is 0. The van der Waals surface area contributed by atoms with Crippen molar-refractivity contribution in [1.82, 2.24) is 4.98 Å². The number of ether oxygens (including phenoxy) is 1. The van der Waals surface area contributed by atoms with E-state index in [4.69, 9.17) is 9.15 Å². The lowest BCUT2D eigenvalue weighted by atomic mass is 10.2. The van der Waals surface area contributed by atoms with Gasteiger partial charge in [-0.3, -0.25) is 9.69 Å². The number of carbonyl (C=O) groups excluding carboxylic acids is 1. The number of amides is 1. The number of rotatable bonds is 6. The largest absolute Gasteiger partial charge is 0.484 e. The fraction of sp³-hybridized carbons (Fsp3) is 0.143. The number of benzene rings is 2. The van der Waals surface area contributed by atoms with E-state index in [0.717, 1.165) is 15.8 Å². The molecule has 0 N–H and O–H groups in total. The third kappa shape index (κ3) is 4.01. The molecule has 0 atom stereocenters.